The molecule has 4 aromatic rings. The van der Waals surface area contributed by atoms with Crippen LogP contribution in [0.2, 0.25) is 5.02 Å². The fourth-order valence-corrected chi connectivity index (χ4v) is 3.80. The zero-order valence-corrected chi connectivity index (χ0v) is 20.2. The van der Waals surface area contributed by atoms with Gasteiger partial charge in [0.25, 0.3) is 11.1 Å². The Balaban J connectivity index is 1.80. The molecule has 0 aliphatic carbocycles. The van der Waals surface area contributed by atoms with Crippen molar-refractivity contribution in [2.75, 3.05) is 0 Å². The van der Waals surface area contributed by atoms with Crippen LogP contribution in [-0.4, -0.2) is 24.2 Å². The van der Waals surface area contributed by atoms with E-state index in [0.717, 1.165) is 16.8 Å². The Labute approximate surface area is 223 Å². The summed E-state index contributed by atoms with van der Waals surface area (Å²) in [5, 5.41) is 10.5. The first-order valence-corrected chi connectivity index (χ1v) is 11.0. The Kier molecular flexibility index (Phi) is 5.14. The van der Waals surface area contributed by atoms with Gasteiger partial charge in [-0.1, -0.05) is 11.6 Å². The van der Waals surface area contributed by atoms with Crippen molar-refractivity contribution in [3.63, 3.8) is 0 Å². The minimum Gasteiger partial charge on any atom is -0.485 e. The third-order valence-corrected chi connectivity index (χ3v) is 5.78. The normalized spacial score (nSPS) is 14.6. The summed E-state index contributed by atoms with van der Waals surface area (Å²) in [7, 11) is 0. The highest BCUT2D eigenvalue weighted by atomic mass is 35.5. The molecule has 1 N–H and O–H groups in total. The van der Waals surface area contributed by atoms with Gasteiger partial charge in [0.2, 0.25) is 0 Å². The third kappa shape index (κ3) is 5.16. The molecular formula is C26H23ClF2N4O4. The average molecular weight is 535 g/mol. The molecule has 0 saturated carbocycles. The Hall–Kier alpha value is -3.89. The minimum atomic E-state index is -3.49. The summed E-state index contributed by atoms with van der Waals surface area (Å²) >= 11 is 6.30. The lowest BCUT2D eigenvalue weighted by Crippen LogP contribution is -2.31. The van der Waals surface area contributed by atoms with Crippen LogP contribution in [0.3, 0.4) is 0 Å². The molecule has 0 radical (unpaired) electrons. The number of rotatable bonds is 6. The van der Waals surface area contributed by atoms with Crippen LogP contribution in [0.5, 0.6) is 5.75 Å². The summed E-state index contributed by atoms with van der Waals surface area (Å²) in [6.07, 6.45) is 3.32. The number of nitrogens with zero attached hydrogens (tertiary/aromatic N) is 4. The van der Waals surface area contributed by atoms with Crippen LogP contribution in [0, 0.1) is 25.5 Å². The van der Waals surface area contributed by atoms with Gasteiger partial charge in [0, 0.05) is 50.1 Å². The van der Waals surface area contributed by atoms with Crippen LogP contribution in [0.25, 0.3) is 11.5 Å². The molecule has 37 heavy (non-hydrogen) atoms. The predicted molar refractivity (Wildman–Crippen MR) is 134 cm³/mol. The molecule has 4 heterocycles. The Morgan fingerprint density at radius 3 is 2.59 bits per heavy atom. The maximum atomic E-state index is 14.0. The number of aryl methyl sites for hydroxylation is 2. The van der Waals surface area contributed by atoms with Crippen molar-refractivity contribution in [3.05, 3.63) is 109 Å². The van der Waals surface area contributed by atoms with Crippen LogP contribution in [0.1, 0.15) is 44.4 Å². The number of aliphatic hydroxyl groups is 1. The van der Waals surface area contributed by atoms with Gasteiger partial charge in [0.1, 0.15) is 34.7 Å². The number of pyridine rings is 4. The standard InChI is InChI=1S/C26H23ClF2N4O4/c1-14-11-31-22(32-7-5-6-17(24(32)34)26(3,4)36)10-20(14)33-15(2)8-21(23(27)25(33)35)37-13-19-18(29)9-16(28)12-30-19/h5-12,36H,13H2,1-4H3/i3D3,4D3. The van der Waals surface area contributed by atoms with Crippen molar-refractivity contribution in [3.8, 4) is 17.3 Å². The average Bonchev–Trinajstić information content (AvgIpc) is 2.90. The SMILES string of the molecule is [2H]C([2H])([2H])C(O)(c1cccn(-c2cc(-n3c(C)cc(OCc4ncc(F)cc4F)c(Cl)c3=O)c(C)cn2)c1=O)C([2H])([2H])[2H]. The zero-order valence-electron chi connectivity index (χ0n) is 25.4. The maximum Gasteiger partial charge on any atom is 0.277 e. The van der Waals surface area contributed by atoms with E-state index in [1.807, 2.05) is 0 Å². The van der Waals surface area contributed by atoms with Gasteiger partial charge in [-0.15, -0.1) is 0 Å². The van der Waals surface area contributed by atoms with E-state index in [1.165, 1.54) is 35.2 Å². The quantitative estimate of drug-likeness (QED) is 0.399. The molecule has 0 aliphatic heterocycles. The van der Waals surface area contributed by atoms with Gasteiger partial charge < -0.3 is 9.84 Å². The molecule has 0 atom stereocenters. The van der Waals surface area contributed by atoms with Gasteiger partial charge in [0.15, 0.2) is 5.82 Å². The second-order valence-corrected chi connectivity index (χ2v) is 8.49. The van der Waals surface area contributed by atoms with Gasteiger partial charge in [-0.3, -0.25) is 23.7 Å². The molecule has 4 aromatic heterocycles. The van der Waals surface area contributed by atoms with Crippen molar-refractivity contribution in [1.29, 1.82) is 0 Å². The topological polar surface area (TPSA) is 99.2 Å². The van der Waals surface area contributed by atoms with Crippen molar-refractivity contribution in [2.45, 2.75) is 39.8 Å². The Bertz CT molecular complexity index is 1830. The van der Waals surface area contributed by atoms with Crippen molar-refractivity contribution in [1.82, 2.24) is 19.1 Å². The number of hydrogen-bond donors (Lipinski definition) is 1. The summed E-state index contributed by atoms with van der Waals surface area (Å²) in [5.74, 6) is -2.05. The smallest absolute Gasteiger partial charge is 0.277 e. The molecule has 0 amide bonds. The molecular weight excluding hydrogens is 506 g/mol. The molecule has 0 aromatic carbocycles. The molecule has 0 fully saturated rings. The second-order valence-electron chi connectivity index (χ2n) is 8.11. The zero-order chi connectivity index (χ0) is 32.1. The summed E-state index contributed by atoms with van der Waals surface area (Å²) < 4.78 is 80.7. The molecule has 0 bridgehead atoms. The summed E-state index contributed by atoms with van der Waals surface area (Å²) in [6.45, 7) is -4.29. The van der Waals surface area contributed by atoms with E-state index < -0.39 is 54.2 Å². The van der Waals surface area contributed by atoms with Crippen molar-refractivity contribution >= 4 is 11.6 Å². The Morgan fingerprint density at radius 2 is 1.89 bits per heavy atom. The summed E-state index contributed by atoms with van der Waals surface area (Å²) in [4.78, 5) is 34.6. The third-order valence-electron chi connectivity index (χ3n) is 5.43. The van der Waals surface area contributed by atoms with Gasteiger partial charge >= 0.3 is 0 Å². The lowest BCUT2D eigenvalue weighted by atomic mass is 10.0. The lowest BCUT2D eigenvalue weighted by Gasteiger charge is -2.19. The molecule has 4 rings (SSSR count). The molecule has 8 nitrogen and oxygen atoms in total. The summed E-state index contributed by atoms with van der Waals surface area (Å²) in [5.41, 5.74) is -5.59. The van der Waals surface area contributed by atoms with E-state index in [4.69, 9.17) is 24.6 Å². The van der Waals surface area contributed by atoms with E-state index in [2.05, 4.69) is 9.97 Å². The number of aromatic nitrogens is 4. The molecule has 0 unspecified atom stereocenters. The highest BCUT2D eigenvalue weighted by Crippen LogP contribution is 2.26. The van der Waals surface area contributed by atoms with Gasteiger partial charge in [-0.2, -0.15) is 0 Å². The molecule has 0 saturated heterocycles. The van der Waals surface area contributed by atoms with Gasteiger partial charge in [-0.25, -0.2) is 13.8 Å². The number of hydrogen-bond acceptors (Lipinski definition) is 6. The fraction of sp³-hybridized carbons (Fsp3) is 0.231. The first kappa shape index (κ1) is 19.3. The van der Waals surface area contributed by atoms with E-state index in [9.17, 15) is 23.5 Å². The molecule has 11 heteroatoms. The van der Waals surface area contributed by atoms with E-state index in [0.29, 0.717) is 11.6 Å². The van der Waals surface area contributed by atoms with E-state index in [1.54, 1.807) is 13.8 Å². The van der Waals surface area contributed by atoms with Crippen LogP contribution >= 0.6 is 11.6 Å². The summed E-state index contributed by atoms with van der Waals surface area (Å²) in [6, 6.07) is 5.43. The fourth-order valence-electron chi connectivity index (χ4n) is 3.61. The largest absolute Gasteiger partial charge is 0.485 e. The second kappa shape index (κ2) is 9.87. The monoisotopic (exact) mass is 534 g/mol. The maximum absolute atomic E-state index is 14.0. The molecule has 0 aliphatic rings. The van der Waals surface area contributed by atoms with Crippen molar-refractivity contribution < 1.29 is 26.8 Å². The highest BCUT2D eigenvalue weighted by Gasteiger charge is 2.22. The van der Waals surface area contributed by atoms with Crippen molar-refractivity contribution in [2.24, 2.45) is 0 Å². The Morgan fingerprint density at radius 1 is 1.14 bits per heavy atom. The van der Waals surface area contributed by atoms with Crippen LogP contribution < -0.4 is 15.9 Å². The number of halogens is 3. The first-order chi connectivity index (χ1) is 19.9. The molecule has 192 valence electrons. The predicted octanol–water partition coefficient (Wildman–Crippen LogP) is 4.13. The van der Waals surface area contributed by atoms with E-state index >= 15 is 0 Å². The lowest BCUT2D eigenvalue weighted by molar-refractivity contribution is 0.0767. The van der Waals surface area contributed by atoms with Crippen LogP contribution in [0.15, 0.2) is 58.5 Å². The highest BCUT2D eigenvalue weighted by molar-refractivity contribution is 6.31. The van der Waals surface area contributed by atoms with Crippen LogP contribution in [0.4, 0.5) is 8.78 Å². The first-order valence-electron chi connectivity index (χ1n) is 13.6. The van der Waals surface area contributed by atoms with Gasteiger partial charge in [0.05, 0.1) is 17.5 Å². The minimum absolute atomic E-state index is 0.101. The van der Waals surface area contributed by atoms with Gasteiger partial charge in [-0.05, 0) is 45.2 Å². The molecule has 0 spiro atoms. The van der Waals surface area contributed by atoms with Crippen LogP contribution in [-0.2, 0) is 12.2 Å². The van der Waals surface area contributed by atoms with E-state index in [-0.39, 0.29) is 33.7 Å². The number of ether oxygens (including phenoxy) is 1.